The fourth-order valence-corrected chi connectivity index (χ4v) is 1.90. The van der Waals surface area contributed by atoms with E-state index in [1.807, 2.05) is 0 Å². The Balaban J connectivity index is 2.45. The van der Waals surface area contributed by atoms with Crippen LogP contribution in [-0.4, -0.2) is 18.8 Å². The maximum Gasteiger partial charge on any atom is 0.0178 e. The molecule has 0 aliphatic heterocycles. The quantitative estimate of drug-likeness (QED) is 0.621. The van der Waals surface area contributed by atoms with Crippen LogP contribution in [0.1, 0.15) is 11.1 Å². The molecule has 1 rings (SSSR count). The number of nitrogens with one attached hydrogen (secondary N) is 1. The number of rotatable bonds is 5. The summed E-state index contributed by atoms with van der Waals surface area (Å²) in [4.78, 5) is 0. The molecule has 1 N–H and O–H groups in total. The van der Waals surface area contributed by atoms with Crippen LogP contribution in [0.3, 0.4) is 0 Å². The second-order valence-electron chi connectivity index (χ2n) is 3.29. The molecule has 0 radical (unpaired) electrons. The molecule has 0 spiro atoms. The number of hydrogen-bond donors (Lipinski definition) is 2. The van der Waals surface area contributed by atoms with Crippen molar-refractivity contribution in [1.29, 1.82) is 0 Å². The zero-order chi connectivity index (χ0) is 10.4. The molecular formula is C11H16BrNS. The first kappa shape index (κ1) is 12.1. The molecule has 0 aliphatic carbocycles. The largest absolute Gasteiger partial charge is 0.316 e. The molecule has 0 saturated carbocycles. The third-order valence-electron chi connectivity index (χ3n) is 2.17. The summed E-state index contributed by atoms with van der Waals surface area (Å²) >= 11 is 7.63. The van der Waals surface area contributed by atoms with Crippen molar-refractivity contribution in [2.24, 2.45) is 0 Å². The van der Waals surface area contributed by atoms with Gasteiger partial charge < -0.3 is 5.32 Å². The van der Waals surface area contributed by atoms with Crippen LogP contribution in [0.4, 0.5) is 0 Å². The minimum atomic E-state index is 0.900. The van der Waals surface area contributed by atoms with Crippen molar-refractivity contribution in [2.75, 3.05) is 18.8 Å². The van der Waals surface area contributed by atoms with E-state index in [0.717, 1.165) is 29.7 Å². The summed E-state index contributed by atoms with van der Waals surface area (Å²) in [7, 11) is 0. The third-order valence-corrected chi connectivity index (χ3v) is 2.89. The Labute approximate surface area is 99.8 Å². The van der Waals surface area contributed by atoms with E-state index in [4.69, 9.17) is 0 Å². The van der Waals surface area contributed by atoms with E-state index in [0.29, 0.717) is 0 Å². The van der Waals surface area contributed by atoms with Gasteiger partial charge in [-0.2, -0.15) is 12.6 Å². The Kier molecular flexibility index (Phi) is 5.60. The summed E-state index contributed by atoms with van der Waals surface area (Å²) in [6.45, 7) is 4.16. The molecule has 0 aromatic heterocycles. The predicted molar refractivity (Wildman–Crippen MR) is 69.3 cm³/mol. The van der Waals surface area contributed by atoms with Crippen molar-refractivity contribution in [1.82, 2.24) is 5.32 Å². The Morgan fingerprint density at radius 3 is 2.86 bits per heavy atom. The first-order valence-corrected chi connectivity index (χ1v) is 6.23. The molecule has 1 aromatic carbocycles. The van der Waals surface area contributed by atoms with Gasteiger partial charge in [-0.25, -0.2) is 0 Å². The topological polar surface area (TPSA) is 12.0 Å². The third kappa shape index (κ3) is 4.03. The highest BCUT2D eigenvalue weighted by Gasteiger charge is 1.98. The lowest BCUT2D eigenvalue weighted by molar-refractivity contribution is 0.720. The normalized spacial score (nSPS) is 10.5. The number of thiol groups is 1. The molecule has 0 aliphatic rings. The molecule has 1 aromatic rings. The molecular weight excluding hydrogens is 258 g/mol. The maximum atomic E-state index is 4.15. The van der Waals surface area contributed by atoms with Gasteiger partial charge in [-0.05, 0) is 43.1 Å². The SMILES string of the molecule is Cc1ccc(Br)cc1CCNCCS. The molecule has 0 amide bonds. The molecule has 14 heavy (non-hydrogen) atoms. The summed E-state index contributed by atoms with van der Waals surface area (Å²) < 4.78 is 1.16. The van der Waals surface area contributed by atoms with Gasteiger partial charge in [0.25, 0.3) is 0 Å². The fourth-order valence-electron chi connectivity index (χ4n) is 1.34. The van der Waals surface area contributed by atoms with Crippen molar-refractivity contribution in [3.05, 3.63) is 33.8 Å². The minimum Gasteiger partial charge on any atom is -0.316 e. The summed E-state index contributed by atoms with van der Waals surface area (Å²) in [5, 5.41) is 3.34. The van der Waals surface area contributed by atoms with Crippen LogP contribution in [0.2, 0.25) is 0 Å². The van der Waals surface area contributed by atoms with Gasteiger partial charge in [-0.1, -0.05) is 22.0 Å². The van der Waals surface area contributed by atoms with Gasteiger partial charge in [0.15, 0.2) is 0 Å². The van der Waals surface area contributed by atoms with Crippen molar-refractivity contribution in [3.63, 3.8) is 0 Å². The van der Waals surface area contributed by atoms with Crippen molar-refractivity contribution < 1.29 is 0 Å². The standard InChI is InChI=1S/C11H16BrNS/c1-9-2-3-11(12)8-10(9)4-5-13-6-7-14/h2-3,8,13-14H,4-7H2,1H3. The predicted octanol–water partition coefficient (Wildman–Crippen LogP) is 2.82. The maximum absolute atomic E-state index is 4.15. The zero-order valence-corrected chi connectivity index (χ0v) is 10.9. The molecule has 0 atom stereocenters. The lowest BCUT2D eigenvalue weighted by Gasteiger charge is -2.07. The van der Waals surface area contributed by atoms with E-state index >= 15 is 0 Å². The highest BCUT2D eigenvalue weighted by molar-refractivity contribution is 9.10. The Hall–Kier alpha value is 0.01000. The Morgan fingerprint density at radius 1 is 1.36 bits per heavy atom. The van der Waals surface area contributed by atoms with Crippen molar-refractivity contribution in [3.8, 4) is 0 Å². The van der Waals surface area contributed by atoms with Crippen LogP contribution in [-0.2, 0) is 6.42 Å². The van der Waals surface area contributed by atoms with Crippen molar-refractivity contribution >= 4 is 28.6 Å². The van der Waals surface area contributed by atoms with E-state index in [9.17, 15) is 0 Å². The summed E-state index contributed by atoms with van der Waals surface area (Å²) in [6.07, 6.45) is 1.08. The first-order valence-electron chi connectivity index (χ1n) is 4.80. The summed E-state index contributed by atoms with van der Waals surface area (Å²) in [6, 6.07) is 6.43. The summed E-state index contributed by atoms with van der Waals surface area (Å²) in [5.41, 5.74) is 2.77. The van der Waals surface area contributed by atoms with Crippen molar-refractivity contribution in [2.45, 2.75) is 13.3 Å². The average Bonchev–Trinajstić information content (AvgIpc) is 2.18. The monoisotopic (exact) mass is 273 g/mol. The lowest BCUT2D eigenvalue weighted by atomic mass is 10.1. The minimum absolute atomic E-state index is 0.900. The van der Waals surface area contributed by atoms with Crippen LogP contribution >= 0.6 is 28.6 Å². The van der Waals surface area contributed by atoms with Gasteiger partial charge in [0.05, 0.1) is 0 Å². The van der Waals surface area contributed by atoms with Crippen LogP contribution in [0.25, 0.3) is 0 Å². The number of aryl methyl sites for hydroxylation is 1. The Morgan fingerprint density at radius 2 is 2.14 bits per heavy atom. The molecule has 0 unspecified atom stereocenters. The molecule has 1 nitrogen and oxygen atoms in total. The van der Waals surface area contributed by atoms with E-state index in [2.05, 4.69) is 59.0 Å². The van der Waals surface area contributed by atoms with E-state index in [-0.39, 0.29) is 0 Å². The van der Waals surface area contributed by atoms with Crippen LogP contribution in [0.15, 0.2) is 22.7 Å². The molecule has 0 saturated heterocycles. The second kappa shape index (κ2) is 6.49. The Bertz CT molecular complexity index is 289. The van der Waals surface area contributed by atoms with Gasteiger partial charge >= 0.3 is 0 Å². The lowest BCUT2D eigenvalue weighted by Crippen LogP contribution is -2.19. The number of hydrogen-bond acceptors (Lipinski definition) is 2. The van der Waals surface area contributed by atoms with Gasteiger partial charge in [0.2, 0.25) is 0 Å². The zero-order valence-electron chi connectivity index (χ0n) is 8.39. The summed E-state index contributed by atoms with van der Waals surface area (Å²) in [5.74, 6) is 0.900. The smallest absolute Gasteiger partial charge is 0.0178 e. The second-order valence-corrected chi connectivity index (χ2v) is 4.66. The highest BCUT2D eigenvalue weighted by Crippen LogP contribution is 2.16. The van der Waals surface area contributed by atoms with Gasteiger partial charge in [-0.3, -0.25) is 0 Å². The molecule has 78 valence electrons. The number of halogens is 1. The molecule has 0 bridgehead atoms. The van der Waals surface area contributed by atoms with Gasteiger partial charge in [0.1, 0.15) is 0 Å². The van der Waals surface area contributed by atoms with Crippen LogP contribution in [0, 0.1) is 6.92 Å². The van der Waals surface area contributed by atoms with Crippen LogP contribution in [0.5, 0.6) is 0 Å². The van der Waals surface area contributed by atoms with Gasteiger partial charge in [0, 0.05) is 16.8 Å². The number of benzene rings is 1. The molecule has 3 heteroatoms. The highest BCUT2D eigenvalue weighted by atomic mass is 79.9. The molecule has 0 heterocycles. The first-order chi connectivity index (χ1) is 6.74. The molecule has 0 fully saturated rings. The van der Waals surface area contributed by atoms with E-state index in [1.54, 1.807) is 0 Å². The van der Waals surface area contributed by atoms with Gasteiger partial charge in [-0.15, -0.1) is 0 Å². The fraction of sp³-hybridized carbons (Fsp3) is 0.455. The average molecular weight is 274 g/mol. The van der Waals surface area contributed by atoms with E-state index in [1.165, 1.54) is 11.1 Å². The van der Waals surface area contributed by atoms with Crippen LogP contribution < -0.4 is 5.32 Å². The van der Waals surface area contributed by atoms with E-state index < -0.39 is 0 Å².